The van der Waals surface area contributed by atoms with Gasteiger partial charge >= 0.3 is 6.18 Å². The van der Waals surface area contributed by atoms with Gasteiger partial charge in [0.25, 0.3) is 5.91 Å². The third-order valence-electron chi connectivity index (χ3n) is 3.18. The van der Waals surface area contributed by atoms with Gasteiger partial charge in [-0.2, -0.15) is 13.2 Å². The van der Waals surface area contributed by atoms with Crippen molar-refractivity contribution in [3.8, 4) is 0 Å². The first-order chi connectivity index (χ1) is 9.29. The molecule has 2 rings (SSSR count). The normalized spacial score (nSPS) is 16.9. The Morgan fingerprint density at radius 3 is 2.65 bits per heavy atom. The van der Waals surface area contributed by atoms with Crippen LogP contribution in [0.2, 0.25) is 0 Å². The molecule has 0 spiro atoms. The second-order valence-corrected chi connectivity index (χ2v) is 5.66. The number of halogens is 4. The second kappa shape index (κ2) is 5.73. The van der Waals surface area contributed by atoms with Crippen LogP contribution in [-0.2, 0) is 6.18 Å². The van der Waals surface area contributed by atoms with Crippen molar-refractivity contribution < 1.29 is 23.1 Å². The number of amides is 1. The predicted octanol–water partition coefficient (Wildman–Crippen LogP) is 2.97. The number of hydrogen-bond donors (Lipinski definition) is 2. The Kier molecular flexibility index (Phi) is 4.39. The monoisotopic (exact) mass is 351 g/mol. The van der Waals surface area contributed by atoms with Gasteiger partial charge in [-0.3, -0.25) is 4.79 Å². The summed E-state index contributed by atoms with van der Waals surface area (Å²) in [6.07, 6.45) is -3.29. The molecule has 110 valence electrons. The van der Waals surface area contributed by atoms with Crippen LogP contribution in [0.5, 0.6) is 0 Å². The van der Waals surface area contributed by atoms with E-state index in [0.717, 1.165) is 25.0 Å². The van der Waals surface area contributed by atoms with E-state index in [0.29, 0.717) is 0 Å². The van der Waals surface area contributed by atoms with Gasteiger partial charge in [0.15, 0.2) is 0 Å². The quantitative estimate of drug-likeness (QED) is 0.876. The van der Waals surface area contributed by atoms with Gasteiger partial charge in [-0.1, -0.05) is 0 Å². The fraction of sp³-hybridized carbons (Fsp3) is 0.462. The first-order valence-corrected chi connectivity index (χ1v) is 6.91. The topological polar surface area (TPSA) is 49.3 Å². The molecule has 1 aliphatic carbocycles. The van der Waals surface area contributed by atoms with Gasteiger partial charge < -0.3 is 10.4 Å². The molecular formula is C13H13BrF3NO2. The Morgan fingerprint density at radius 2 is 2.10 bits per heavy atom. The maximum Gasteiger partial charge on any atom is 0.416 e. The molecule has 1 fully saturated rings. The standard InChI is InChI=1S/C13H13BrF3NO2/c14-10-4-3-8(13(15,16)17)5-9(10)12(20)18-6-11(19)7-1-2-7/h3-5,7,11,19H,1-2,6H2,(H,18,20). The lowest BCUT2D eigenvalue weighted by molar-refractivity contribution is -0.137. The molecule has 0 aliphatic heterocycles. The van der Waals surface area contributed by atoms with Crippen LogP contribution in [0.15, 0.2) is 22.7 Å². The van der Waals surface area contributed by atoms with Gasteiger partial charge in [0.2, 0.25) is 0 Å². The average Bonchev–Trinajstić information content (AvgIpc) is 3.18. The molecule has 0 radical (unpaired) electrons. The van der Waals surface area contributed by atoms with E-state index in [4.69, 9.17) is 0 Å². The first kappa shape index (κ1) is 15.3. The minimum atomic E-state index is -4.50. The van der Waals surface area contributed by atoms with Crippen LogP contribution >= 0.6 is 15.9 Å². The highest BCUT2D eigenvalue weighted by Crippen LogP contribution is 2.33. The van der Waals surface area contributed by atoms with Crippen LogP contribution in [0, 0.1) is 5.92 Å². The maximum atomic E-state index is 12.6. The Balaban J connectivity index is 2.08. The highest BCUT2D eigenvalue weighted by Gasteiger charge is 2.32. The Morgan fingerprint density at radius 1 is 1.45 bits per heavy atom. The third kappa shape index (κ3) is 3.73. The van der Waals surface area contributed by atoms with E-state index in [2.05, 4.69) is 21.2 Å². The summed E-state index contributed by atoms with van der Waals surface area (Å²) in [5.41, 5.74) is -0.976. The largest absolute Gasteiger partial charge is 0.416 e. The van der Waals surface area contributed by atoms with E-state index in [1.54, 1.807) is 0 Å². The number of benzene rings is 1. The van der Waals surface area contributed by atoms with Crippen LogP contribution in [0.4, 0.5) is 13.2 Å². The van der Waals surface area contributed by atoms with E-state index < -0.39 is 23.8 Å². The van der Waals surface area contributed by atoms with Gasteiger partial charge in [-0.05, 0) is 52.9 Å². The second-order valence-electron chi connectivity index (χ2n) is 4.81. The molecular weight excluding hydrogens is 339 g/mol. The fourth-order valence-electron chi connectivity index (χ4n) is 1.82. The number of aliphatic hydroxyl groups is 1. The highest BCUT2D eigenvalue weighted by atomic mass is 79.9. The summed E-state index contributed by atoms with van der Waals surface area (Å²) in [6, 6.07) is 2.89. The van der Waals surface area contributed by atoms with Crippen molar-refractivity contribution in [3.05, 3.63) is 33.8 Å². The average molecular weight is 352 g/mol. The van der Waals surface area contributed by atoms with Gasteiger partial charge in [-0.25, -0.2) is 0 Å². The summed E-state index contributed by atoms with van der Waals surface area (Å²) in [4.78, 5) is 11.9. The van der Waals surface area contributed by atoms with E-state index in [1.165, 1.54) is 6.07 Å². The minimum absolute atomic E-state index is 0.0478. The maximum absolute atomic E-state index is 12.6. The van der Waals surface area contributed by atoms with Crippen LogP contribution in [0.1, 0.15) is 28.8 Å². The Hall–Kier alpha value is -1.08. The summed E-state index contributed by atoms with van der Waals surface area (Å²) in [7, 11) is 0. The zero-order valence-corrected chi connectivity index (χ0v) is 12.0. The van der Waals surface area contributed by atoms with Crippen molar-refractivity contribution in [3.63, 3.8) is 0 Å². The summed E-state index contributed by atoms with van der Waals surface area (Å²) >= 11 is 3.06. The molecule has 0 bridgehead atoms. The van der Waals surface area contributed by atoms with Gasteiger partial charge in [0.1, 0.15) is 0 Å². The van der Waals surface area contributed by atoms with Crippen molar-refractivity contribution >= 4 is 21.8 Å². The van der Waals surface area contributed by atoms with E-state index in [-0.39, 0.29) is 22.5 Å². The molecule has 1 aliphatic rings. The molecule has 0 saturated heterocycles. The summed E-state index contributed by atoms with van der Waals surface area (Å²) in [5, 5.41) is 12.1. The summed E-state index contributed by atoms with van der Waals surface area (Å²) in [6.45, 7) is 0.0478. The van der Waals surface area contributed by atoms with Crippen molar-refractivity contribution in [1.82, 2.24) is 5.32 Å². The van der Waals surface area contributed by atoms with Gasteiger partial charge in [0.05, 0.1) is 17.2 Å². The molecule has 1 saturated carbocycles. The van der Waals surface area contributed by atoms with Crippen LogP contribution in [0.3, 0.4) is 0 Å². The highest BCUT2D eigenvalue weighted by molar-refractivity contribution is 9.10. The lowest BCUT2D eigenvalue weighted by Crippen LogP contribution is -2.33. The number of hydrogen-bond acceptors (Lipinski definition) is 2. The molecule has 1 amide bonds. The molecule has 20 heavy (non-hydrogen) atoms. The van der Waals surface area contributed by atoms with E-state index in [1.807, 2.05) is 0 Å². The molecule has 2 N–H and O–H groups in total. The van der Waals surface area contributed by atoms with E-state index >= 15 is 0 Å². The molecule has 7 heteroatoms. The summed E-state index contributed by atoms with van der Waals surface area (Å²) in [5.74, 6) is -0.442. The van der Waals surface area contributed by atoms with Crippen molar-refractivity contribution in [2.24, 2.45) is 5.92 Å². The number of carbonyl (C=O) groups excluding carboxylic acids is 1. The van der Waals surface area contributed by atoms with Crippen LogP contribution in [0.25, 0.3) is 0 Å². The van der Waals surface area contributed by atoms with Crippen molar-refractivity contribution in [2.45, 2.75) is 25.1 Å². The lowest BCUT2D eigenvalue weighted by Gasteiger charge is -2.13. The molecule has 1 aromatic carbocycles. The van der Waals surface area contributed by atoms with Crippen LogP contribution in [-0.4, -0.2) is 23.7 Å². The van der Waals surface area contributed by atoms with Gasteiger partial charge in [-0.15, -0.1) is 0 Å². The fourth-order valence-corrected chi connectivity index (χ4v) is 2.24. The zero-order valence-electron chi connectivity index (χ0n) is 10.4. The number of nitrogens with one attached hydrogen (secondary N) is 1. The van der Waals surface area contributed by atoms with Crippen molar-refractivity contribution in [1.29, 1.82) is 0 Å². The molecule has 0 heterocycles. The number of aliphatic hydroxyl groups excluding tert-OH is 1. The van der Waals surface area contributed by atoms with E-state index in [9.17, 15) is 23.1 Å². The summed E-state index contributed by atoms with van der Waals surface area (Å²) < 4.78 is 38.1. The number of rotatable bonds is 4. The minimum Gasteiger partial charge on any atom is -0.391 e. The Labute approximate surface area is 122 Å². The molecule has 1 atom stereocenters. The smallest absolute Gasteiger partial charge is 0.391 e. The molecule has 3 nitrogen and oxygen atoms in total. The first-order valence-electron chi connectivity index (χ1n) is 6.12. The number of alkyl halides is 3. The zero-order chi connectivity index (χ0) is 14.9. The molecule has 0 aromatic heterocycles. The molecule has 1 unspecified atom stereocenters. The predicted molar refractivity (Wildman–Crippen MR) is 70.2 cm³/mol. The van der Waals surface area contributed by atoms with Crippen molar-refractivity contribution in [2.75, 3.05) is 6.54 Å². The SMILES string of the molecule is O=C(NCC(O)C1CC1)c1cc(C(F)(F)F)ccc1Br. The molecule has 1 aromatic rings. The third-order valence-corrected chi connectivity index (χ3v) is 3.87. The lowest BCUT2D eigenvalue weighted by atomic mass is 10.1. The van der Waals surface area contributed by atoms with Crippen LogP contribution < -0.4 is 5.32 Å². The number of carbonyl (C=O) groups is 1. The van der Waals surface area contributed by atoms with Gasteiger partial charge in [0, 0.05) is 11.0 Å². The Bertz CT molecular complexity index is 515.